The van der Waals surface area contributed by atoms with Crippen molar-refractivity contribution >= 4 is 26.7 Å². The van der Waals surface area contributed by atoms with Crippen molar-refractivity contribution in [2.45, 2.75) is 13.0 Å². The van der Waals surface area contributed by atoms with Gasteiger partial charge in [0.1, 0.15) is 0 Å². The second kappa shape index (κ2) is 5.35. The first-order valence-corrected chi connectivity index (χ1v) is 7.30. The van der Waals surface area contributed by atoms with Crippen molar-refractivity contribution in [2.24, 2.45) is 5.73 Å². The third-order valence-corrected chi connectivity index (χ3v) is 4.24. The monoisotopic (exact) mass is 326 g/mol. The molecule has 0 aliphatic rings. The normalized spacial score (nSPS) is 12.6. The van der Waals surface area contributed by atoms with Crippen LogP contribution in [0.15, 0.2) is 59.3 Å². The number of hydrogen-bond acceptors (Lipinski definition) is 2. The molecule has 2 N–H and O–H groups in total. The van der Waals surface area contributed by atoms with E-state index in [2.05, 4.69) is 52.1 Å². The highest BCUT2D eigenvalue weighted by Gasteiger charge is 2.15. The van der Waals surface area contributed by atoms with E-state index in [1.165, 1.54) is 5.56 Å². The van der Waals surface area contributed by atoms with E-state index in [0.29, 0.717) is 0 Å². The second-order valence-corrected chi connectivity index (χ2v) is 5.81. The Balaban J connectivity index is 2.17. The van der Waals surface area contributed by atoms with Crippen molar-refractivity contribution in [3.05, 3.63) is 76.0 Å². The highest BCUT2D eigenvalue weighted by molar-refractivity contribution is 9.10. The van der Waals surface area contributed by atoms with Gasteiger partial charge in [-0.3, -0.25) is 4.98 Å². The summed E-state index contributed by atoms with van der Waals surface area (Å²) in [6.07, 6.45) is 3.73. The fourth-order valence-electron chi connectivity index (χ4n) is 2.46. The molecule has 0 saturated carbocycles. The highest BCUT2D eigenvalue weighted by Crippen LogP contribution is 2.31. The Hall–Kier alpha value is -1.71. The van der Waals surface area contributed by atoms with Gasteiger partial charge in [-0.1, -0.05) is 57.9 Å². The topological polar surface area (TPSA) is 38.9 Å². The van der Waals surface area contributed by atoms with E-state index < -0.39 is 0 Å². The molecule has 20 heavy (non-hydrogen) atoms. The largest absolute Gasteiger partial charge is 0.320 e. The van der Waals surface area contributed by atoms with Crippen LogP contribution in [0.5, 0.6) is 0 Å². The lowest BCUT2D eigenvalue weighted by Gasteiger charge is -2.17. The maximum Gasteiger partial charge on any atom is 0.0584 e. The Morgan fingerprint density at radius 1 is 1.05 bits per heavy atom. The number of rotatable bonds is 2. The fourth-order valence-corrected chi connectivity index (χ4v) is 2.95. The van der Waals surface area contributed by atoms with Crippen LogP contribution in [0, 0.1) is 6.92 Å². The predicted octanol–water partition coefficient (Wildman–Crippen LogP) is 4.35. The van der Waals surface area contributed by atoms with Crippen molar-refractivity contribution in [3.63, 3.8) is 0 Å². The minimum absolute atomic E-state index is 0.192. The smallest absolute Gasteiger partial charge is 0.0584 e. The molecule has 1 atom stereocenters. The van der Waals surface area contributed by atoms with Gasteiger partial charge in [0.15, 0.2) is 0 Å². The molecule has 100 valence electrons. The van der Waals surface area contributed by atoms with Crippen LogP contribution in [-0.2, 0) is 0 Å². The Morgan fingerprint density at radius 2 is 1.85 bits per heavy atom. The van der Waals surface area contributed by atoms with Crippen molar-refractivity contribution < 1.29 is 0 Å². The number of aryl methyl sites for hydroxylation is 1. The zero-order valence-corrected chi connectivity index (χ0v) is 12.8. The Kier molecular flexibility index (Phi) is 3.55. The van der Waals surface area contributed by atoms with Gasteiger partial charge >= 0.3 is 0 Å². The number of pyridine rings is 1. The summed E-state index contributed by atoms with van der Waals surface area (Å²) in [6.45, 7) is 2.07. The molecule has 3 heteroatoms. The molecule has 0 bridgehead atoms. The molecule has 3 aromatic rings. The summed E-state index contributed by atoms with van der Waals surface area (Å²) >= 11 is 3.59. The summed E-state index contributed by atoms with van der Waals surface area (Å²) in [5, 5.41) is 2.27. The summed E-state index contributed by atoms with van der Waals surface area (Å²) < 4.78 is 1.03. The number of halogens is 1. The summed E-state index contributed by atoms with van der Waals surface area (Å²) in [4.78, 5) is 4.32. The third kappa shape index (κ3) is 2.35. The number of aromatic nitrogens is 1. The van der Waals surface area contributed by atoms with E-state index in [1.807, 2.05) is 30.6 Å². The average molecular weight is 327 g/mol. The van der Waals surface area contributed by atoms with E-state index >= 15 is 0 Å². The first-order valence-electron chi connectivity index (χ1n) is 6.51. The number of nitrogens with zero attached hydrogens (tertiary/aromatic N) is 1. The number of nitrogens with two attached hydrogens (primary N) is 1. The van der Waals surface area contributed by atoms with Gasteiger partial charge in [0, 0.05) is 22.3 Å². The Labute approximate surface area is 126 Å². The quantitative estimate of drug-likeness (QED) is 0.760. The predicted molar refractivity (Wildman–Crippen MR) is 86.7 cm³/mol. The molecule has 3 rings (SSSR count). The lowest BCUT2D eigenvalue weighted by molar-refractivity contribution is 0.866. The first kappa shape index (κ1) is 13.3. The second-order valence-electron chi connectivity index (χ2n) is 4.95. The number of hydrogen-bond donors (Lipinski definition) is 1. The van der Waals surface area contributed by atoms with Gasteiger partial charge in [-0.25, -0.2) is 0 Å². The summed E-state index contributed by atoms with van der Waals surface area (Å²) in [5.41, 5.74) is 9.82. The van der Waals surface area contributed by atoms with Gasteiger partial charge in [-0.05, 0) is 29.5 Å². The fraction of sp³-hybridized carbons (Fsp3) is 0.118. The molecule has 0 aliphatic carbocycles. The van der Waals surface area contributed by atoms with Crippen LogP contribution in [-0.4, -0.2) is 4.98 Å². The minimum atomic E-state index is -0.192. The van der Waals surface area contributed by atoms with Crippen LogP contribution in [0.1, 0.15) is 22.7 Å². The highest BCUT2D eigenvalue weighted by atomic mass is 79.9. The summed E-state index contributed by atoms with van der Waals surface area (Å²) in [6, 6.07) is 14.2. The Morgan fingerprint density at radius 3 is 2.70 bits per heavy atom. The van der Waals surface area contributed by atoms with Crippen molar-refractivity contribution in [1.82, 2.24) is 4.98 Å². The minimum Gasteiger partial charge on any atom is -0.320 e. The molecular weight excluding hydrogens is 312 g/mol. The zero-order chi connectivity index (χ0) is 14.1. The third-order valence-electron chi connectivity index (χ3n) is 3.52. The molecule has 0 saturated heterocycles. The molecule has 1 aromatic heterocycles. The van der Waals surface area contributed by atoms with Crippen LogP contribution >= 0.6 is 15.9 Å². The van der Waals surface area contributed by atoms with E-state index in [4.69, 9.17) is 5.73 Å². The van der Waals surface area contributed by atoms with Crippen molar-refractivity contribution in [1.29, 1.82) is 0 Å². The molecule has 0 amide bonds. The number of benzene rings is 2. The standard InChI is InChI=1S/C17H15BrN2/c1-11-6-7-16(18)14(8-11)17(19)15-10-20-9-12-4-2-3-5-13(12)15/h2-10,17H,19H2,1H3. The lowest BCUT2D eigenvalue weighted by atomic mass is 9.95. The van der Waals surface area contributed by atoms with Crippen molar-refractivity contribution in [2.75, 3.05) is 0 Å². The average Bonchev–Trinajstić information content (AvgIpc) is 2.48. The van der Waals surface area contributed by atoms with Crippen LogP contribution in [0.25, 0.3) is 10.8 Å². The molecule has 0 aliphatic heterocycles. The van der Waals surface area contributed by atoms with E-state index in [9.17, 15) is 0 Å². The molecule has 1 heterocycles. The van der Waals surface area contributed by atoms with E-state index in [1.54, 1.807) is 0 Å². The zero-order valence-electron chi connectivity index (χ0n) is 11.2. The molecule has 0 fully saturated rings. The SMILES string of the molecule is Cc1ccc(Br)c(C(N)c2cncc3ccccc23)c1. The summed E-state index contributed by atoms with van der Waals surface area (Å²) in [5.74, 6) is 0. The van der Waals surface area contributed by atoms with Gasteiger partial charge < -0.3 is 5.73 Å². The molecule has 1 unspecified atom stereocenters. The maximum atomic E-state index is 6.48. The van der Waals surface area contributed by atoms with Crippen LogP contribution in [0.4, 0.5) is 0 Å². The van der Waals surface area contributed by atoms with E-state index in [-0.39, 0.29) is 6.04 Å². The molecular formula is C17H15BrN2. The Bertz CT molecular complexity index is 763. The molecule has 2 nitrogen and oxygen atoms in total. The molecule has 0 radical (unpaired) electrons. The van der Waals surface area contributed by atoms with Gasteiger partial charge in [-0.15, -0.1) is 0 Å². The van der Waals surface area contributed by atoms with Crippen molar-refractivity contribution in [3.8, 4) is 0 Å². The van der Waals surface area contributed by atoms with E-state index in [0.717, 1.165) is 26.4 Å². The molecule has 0 spiro atoms. The van der Waals surface area contributed by atoms with Crippen LogP contribution in [0.3, 0.4) is 0 Å². The summed E-state index contributed by atoms with van der Waals surface area (Å²) in [7, 11) is 0. The van der Waals surface area contributed by atoms with Gasteiger partial charge in [0.25, 0.3) is 0 Å². The van der Waals surface area contributed by atoms with Crippen LogP contribution < -0.4 is 5.73 Å². The van der Waals surface area contributed by atoms with Crippen LogP contribution in [0.2, 0.25) is 0 Å². The molecule has 2 aromatic carbocycles. The van der Waals surface area contributed by atoms with Gasteiger partial charge in [0.05, 0.1) is 6.04 Å². The number of fused-ring (bicyclic) bond motifs is 1. The first-order chi connectivity index (χ1) is 9.66. The van der Waals surface area contributed by atoms with Gasteiger partial charge in [0.2, 0.25) is 0 Å². The van der Waals surface area contributed by atoms with Gasteiger partial charge in [-0.2, -0.15) is 0 Å². The lowest BCUT2D eigenvalue weighted by Crippen LogP contribution is -2.13. The maximum absolute atomic E-state index is 6.48.